The molecular weight excluding hydrogens is 308 g/mol. The third-order valence-corrected chi connectivity index (χ3v) is 3.68. The highest BCUT2D eigenvalue weighted by Gasteiger charge is 2.15. The molecular formula is C16H18N6O2. The third-order valence-electron chi connectivity index (χ3n) is 3.68. The van der Waals surface area contributed by atoms with Crippen molar-refractivity contribution in [2.24, 2.45) is 7.05 Å². The van der Waals surface area contributed by atoms with Gasteiger partial charge in [0, 0.05) is 12.6 Å². The number of nitrogens with one attached hydrogen (secondary N) is 2. The number of carbonyl (C=O) groups is 1. The van der Waals surface area contributed by atoms with E-state index in [1.165, 1.54) is 4.68 Å². The number of carbonyl (C=O) groups excluding carboxylic acids is 1. The van der Waals surface area contributed by atoms with Crippen molar-refractivity contribution in [1.29, 1.82) is 0 Å². The normalized spacial score (nSPS) is 10.7. The van der Waals surface area contributed by atoms with Gasteiger partial charge in [-0.05, 0) is 26.0 Å². The Morgan fingerprint density at radius 1 is 1.25 bits per heavy atom. The molecule has 2 aromatic heterocycles. The smallest absolute Gasteiger partial charge is 0.288 e. The number of ether oxygens (including phenoxy) is 1. The molecule has 3 rings (SSSR count). The number of fused-ring (bicyclic) bond motifs is 1. The largest absolute Gasteiger partial charge is 0.494 e. The fourth-order valence-corrected chi connectivity index (χ4v) is 2.47. The van der Waals surface area contributed by atoms with E-state index in [1.54, 1.807) is 20.4 Å². The van der Waals surface area contributed by atoms with E-state index >= 15 is 0 Å². The molecule has 0 aliphatic rings. The van der Waals surface area contributed by atoms with Crippen molar-refractivity contribution in [1.82, 2.24) is 25.2 Å². The predicted octanol–water partition coefficient (Wildman–Crippen LogP) is 1.75. The Hall–Kier alpha value is -3.16. The van der Waals surface area contributed by atoms with E-state index in [4.69, 9.17) is 4.74 Å². The predicted molar refractivity (Wildman–Crippen MR) is 89.9 cm³/mol. The van der Waals surface area contributed by atoms with Gasteiger partial charge in [-0.15, -0.1) is 0 Å². The number of aromatic nitrogens is 4. The maximum absolute atomic E-state index is 12.3. The molecule has 0 saturated carbocycles. The minimum absolute atomic E-state index is 0.297. The minimum Gasteiger partial charge on any atom is -0.494 e. The standard InChI is InChI=1S/C16H18N6O2/c1-9-8-17-22(3)14(9)16(23)21-20-15-10(2)18-11-6-5-7-12(24-4)13(11)19-15/h5-8H,1-4H3,(H,19,20)(H,21,23). The van der Waals surface area contributed by atoms with E-state index in [0.29, 0.717) is 28.5 Å². The first-order valence-electron chi connectivity index (χ1n) is 7.37. The summed E-state index contributed by atoms with van der Waals surface area (Å²) >= 11 is 0. The zero-order chi connectivity index (χ0) is 17.3. The second-order valence-corrected chi connectivity index (χ2v) is 5.36. The first-order chi connectivity index (χ1) is 11.5. The Morgan fingerprint density at radius 3 is 2.71 bits per heavy atom. The molecule has 2 heterocycles. The second kappa shape index (κ2) is 6.15. The van der Waals surface area contributed by atoms with Crippen LogP contribution in [0.15, 0.2) is 24.4 Å². The zero-order valence-electron chi connectivity index (χ0n) is 13.9. The molecule has 2 N–H and O–H groups in total. The highest BCUT2D eigenvalue weighted by Crippen LogP contribution is 2.24. The van der Waals surface area contributed by atoms with E-state index in [-0.39, 0.29) is 5.91 Å². The number of methoxy groups -OCH3 is 1. The Bertz CT molecular complexity index is 899. The molecule has 0 spiro atoms. The number of aryl methyl sites for hydroxylation is 3. The number of hydrazine groups is 1. The summed E-state index contributed by atoms with van der Waals surface area (Å²) in [6, 6.07) is 5.53. The fraction of sp³-hybridized carbons (Fsp3) is 0.250. The molecule has 0 aliphatic carbocycles. The van der Waals surface area contributed by atoms with Gasteiger partial charge in [-0.3, -0.25) is 20.3 Å². The molecule has 0 fully saturated rings. The molecule has 0 saturated heterocycles. The molecule has 8 heteroatoms. The summed E-state index contributed by atoms with van der Waals surface area (Å²) in [6.45, 7) is 3.64. The molecule has 0 unspecified atom stereocenters. The van der Waals surface area contributed by atoms with E-state index < -0.39 is 0 Å². The summed E-state index contributed by atoms with van der Waals surface area (Å²) in [5.41, 5.74) is 8.75. The average molecular weight is 326 g/mol. The number of para-hydroxylation sites is 1. The van der Waals surface area contributed by atoms with Gasteiger partial charge in [-0.1, -0.05) is 6.07 Å². The molecule has 0 aliphatic heterocycles. The molecule has 8 nitrogen and oxygen atoms in total. The molecule has 0 radical (unpaired) electrons. The average Bonchev–Trinajstić information content (AvgIpc) is 2.90. The van der Waals surface area contributed by atoms with Crippen molar-refractivity contribution in [3.8, 4) is 5.75 Å². The van der Waals surface area contributed by atoms with Crippen LogP contribution in [-0.4, -0.2) is 32.8 Å². The summed E-state index contributed by atoms with van der Waals surface area (Å²) in [4.78, 5) is 21.3. The van der Waals surface area contributed by atoms with Crippen molar-refractivity contribution in [3.63, 3.8) is 0 Å². The number of amides is 1. The number of rotatable bonds is 4. The Kier molecular flexibility index (Phi) is 4.03. The first kappa shape index (κ1) is 15.7. The molecule has 1 amide bonds. The molecule has 124 valence electrons. The van der Waals surface area contributed by atoms with Crippen LogP contribution in [0, 0.1) is 13.8 Å². The number of nitrogens with zero attached hydrogens (tertiary/aromatic N) is 4. The zero-order valence-corrected chi connectivity index (χ0v) is 13.9. The van der Waals surface area contributed by atoms with Crippen molar-refractivity contribution in [2.45, 2.75) is 13.8 Å². The van der Waals surface area contributed by atoms with E-state index in [9.17, 15) is 4.79 Å². The van der Waals surface area contributed by atoms with Crippen LogP contribution in [0.5, 0.6) is 5.75 Å². The fourth-order valence-electron chi connectivity index (χ4n) is 2.47. The van der Waals surface area contributed by atoms with Crippen LogP contribution >= 0.6 is 0 Å². The van der Waals surface area contributed by atoms with Crippen LogP contribution in [0.25, 0.3) is 11.0 Å². The van der Waals surface area contributed by atoms with Crippen molar-refractivity contribution in [2.75, 3.05) is 12.5 Å². The topological polar surface area (TPSA) is 94.0 Å². The van der Waals surface area contributed by atoms with Crippen LogP contribution < -0.4 is 15.6 Å². The Labute approximate surface area is 138 Å². The number of benzene rings is 1. The van der Waals surface area contributed by atoms with Gasteiger partial charge in [0.25, 0.3) is 5.91 Å². The maximum atomic E-state index is 12.3. The monoisotopic (exact) mass is 326 g/mol. The van der Waals surface area contributed by atoms with Crippen molar-refractivity contribution >= 4 is 22.8 Å². The molecule has 0 bridgehead atoms. The quantitative estimate of drug-likeness (QED) is 0.709. The van der Waals surface area contributed by atoms with Crippen LogP contribution in [0.1, 0.15) is 21.7 Å². The SMILES string of the molecule is COc1cccc2nc(C)c(NNC(=O)c3c(C)cnn3C)nc12. The summed E-state index contributed by atoms with van der Waals surface area (Å²) < 4.78 is 6.83. The summed E-state index contributed by atoms with van der Waals surface area (Å²) in [5.74, 6) is 0.783. The second-order valence-electron chi connectivity index (χ2n) is 5.36. The number of anilines is 1. The van der Waals surface area contributed by atoms with Gasteiger partial charge >= 0.3 is 0 Å². The van der Waals surface area contributed by atoms with E-state index in [0.717, 1.165) is 11.1 Å². The highest BCUT2D eigenvalue weighted by atomic mass is 16.5. The van der Waals surface area contributed by atoms with Crippen molar-refractivity contribution < 1.29 is 9.53 Å². The third kappa shape index (κ3) is 2.73. The van der Waals surface area contributed by atoms with Gasteiger partial charge in [0.1, 0.15) is 17.0 Å². The van der Waals surface area contributed by atoms with Gasteiger partial charge < -0.3 is 4.74 Å². The summed E-state index contributed by atoms with van der Waals surface area (Å²) in [5, 5.41) is 4.06. The molecule has 3 aromatic rings. The summed E-state index contributed by atoms with van der Waals surface area (Å²) in [6.07, 6.45) is 1.64. The molecule has 1 aromatic carbocycles. The first-order valence-corrected chi connectivity index (χ1v) is 7.37. The van der Waals surface area contributed by atoms with Crippen LogP contribution in [0.3, 0.4) is 0 Å². The number of hydrogen-bond donors (Lipinski definition) is 2. The number of hydrogen-bond acceptors (Lipinski definition) is 6. The lowest BCUT2D eigenvalue weighted by Crippen LogP contribution is -2.32. The van der Waals surface area contributed by atoms with Crippen LogP contribution in [0.4, 0.5) is 5.82 Å². The van der Waals surface area contributed by atoms with Gasteiger partial charge in [0.05, 0.1) is 24.5 Å². The highest BCUT2D eigenvalue weighted by molar-refractivity contribution is 5.94. The van der Waals surface area contributed by atoms with Gasteiger partial charge in [0.15, 0.2) is 5.82 Å². The van der Waals surface area contributed by atoms with Gasteiger partial charge in [0.2, 0.25) is 0 Å². The molecule has 24 heavy (non-hydrogen) atoms. The molecule has 0 atom stereocenters. The lowest BCUT2D eigenvalue weighted by atomic mass is 10.2. The van der Waals surface area contributed by atoms with Crippen molar-refractivity contribution in [3.05, 3.63) is 41.3 Å². The lowest BCUT2D eigenvalue weighted by molar-refractivity contribution is 0.0952. The maximum Gasteiger partial charge on any atom is 0.288 e. The Balaban J connectivity index is 1.87. The lowest BCUT2D eigenvalue weighted by Gasteiger charge is -2.12. The van der Waals surface area contributed by atoms with Gasteiger partial charge in [-0.25, -0.2) is 9.97 Å². The van der Waals surface area contributed by atoms with E-state index in [2.05, 4.69) is 25.9 Å². The summed E-state index contributed by atoms with van der Waals surface area (Å²) in [7, 11) is 3.30. The van der Waals surface area contributed by atoms with E-state index in [1.807, 2.05) is 32.0 Å². The van der Waals surface area contributed by atoms with Crippen LogP contribution in [0.2, 0.25) is 0 Å². The van der Waals surface area contributed by atoms with Gasteiger partial charge in [-0.2, -0.15) is 5.10 Å². The van der Waals surface area contributed by atoms with Crippen LogP contribution in [-0.2, 0) is 7.05 Å². The Morgan fingerprint density at radius 2 is 2.04 bits per heavy atom. The minimum atomic E-state index is -0.297.